The number of hydrogen-bond donors (Lipinski definition) is 0. The Morgan fingerprint density at radius 1 is 0.702 bits per heavy atom. The Morgan fingerprint density at radius 2 is 1.38 bits per heavy atom. The lowest BCUT2D eigenvalue weighted by molar-refractivity contribution is 0.461. The van der Waals surface area contributed by atoms with Crippen molar-refractivity contribution in [2.45, 2.75) is 41.4 Å². The molecule has 2 aromatic heterocycles. The maximum Gasteiger partial charge on any atom is 0.221 e. The molecule has 0 radical (unpaired) electrons. The number of hydrogen-bond acceptors (Lipinski definition) is 6. The minimum atomic E-state index is -0.655. The fourth-order valence-electron chi connectivity index (χ4n) is 6.97. The SMILES string of the molecule is CN1CN(c2ccnc(Oc3cccc(C4(c5cc(C(C)(C)C)ccn5)c5ccccc5Sc5ccccc54)c3)c2)c2ccccc21. The minimum Gasteiger partial charge on any atom is -0.439 e. The molecule has 0 saturated carbocycles. The zero-order chi connectivity index (χ0) is 32.2. The Labute approximate surface area is 280 Å². The molecule has 5 nitrogen and oxygen atoms in total. The summed E-state index contributed by atoms with van der Waals surface area (Å²) in [5, 5.41) is 0. The molecule has 0 fully saturated rings. The van der Waals surface area contributed by atoms with Crippen LogP contribution in [0.15, 0.2) is 144 Å². The lowest BCUT2D eigenvalue weighted by atomic mass is 9.66. The molecule has 8 rings (SSSR count). The van der Waals surface area contributed by atoms with E-state index in [0.717, 1.165) is 29.4 Å². The van der Waals surface area contributed by atoms with E-state index >= 15 is 0 Å². The first-order valence-corrected chi connectivity index (χ1v) is 16.8. The second-order valence-corrected chi connectivity index (χ2v) is 14.3. The molecule has 2 aliphatic heterocycles. The highest BCUT2D eigenvalue weighted by Crippen LogP contribution is 2.56. The van der Waals surface area contributed by atoms with Crippen molar-refractivity contribution in [3.8, 4) is 11.6 Å². The summed E-state index contributed by atoms with van der Waals surface area (Å²) >= 11 is 1.82. The van der Waals surface area contributed by atoms with Gasteiger partial charge < -0.3 is 14.5 Å². The number of ether oxygens (including phenoxy) is 1. The van der Waals surface area contributed by atoms with Crippen LogP contribution in [0.25, 0.3) is 0 Å². The third kappa shape index (κ3) is 4.95. The van der Waals surface area contributed by atoms with E-state index in [-0.39, 0.29) is 5.41 Å². The van der Waals surface area contributed by atoms with E-state index in [1.54, 1.807) is 0 Å². The van der Waals surface area contributed by atoms with Gasteiger partial charge in [-0.1, -0.05) is 93.2 Å². The lowest BCUT2D eigenvalue weighted by Gasteiger charge is -2.41. The van der Waals surface area contributed by atoms with Gasteiger partial charge >= 0.3 is 0 Å². The van der Waals surface area contributed by atoms with Crippen LogP contribution in [0.3, 0.4) is 0 Å². The average Bonchev–Trinajstić information content (AvgIpc) is 3.43. The van der Waals surface area contributed by atoms with Crippen LogP contribution in [0.1, 0.15) is 48.7 Å². The van der Waals surface area contributed by atoms with E-state index < -0.39 is 5.41 Å². The second kappa shape index (κ2) is 11.3. The van der Waals surface area contributed by atoms with E-state index in [1.807, 2.05) is 42.4 Å². The largest absolute Gasteiger partial charge is 0.439 e. The number of nitrogens with zero attached hydrogens (tertiary/aromatic N) is 4. The topological polar surface area (TPSA) is 41.5 Å². The molecular weight excluding hydrogens is 597 g/mol. The number of aromatic nitrogens is 2. The van der Waals surface area contributed by atoms with Crippen LogP contribution >= 0.6 is 11.8 Å². The zero-order valence-electron chi connectivity index (χ0n) is 27.0. The predicted octanol–water partition coefficient (Wildman–Crippen LogP) is 9.96. The van der Waals surface area contributed by atoms with E-state index in [0.29, 0.717) is 5.88 Å². The van der Waals surface area contributed by atoms with Crippen molar-refractivity contribution in [3.63, 3.8) is 0 Å². The summed E-state index contributed by atoms with van der Waals surface area (Å²) in [6.45, 7) is 7.53. The Balaban J connectivity index is 1.26. The molecule has 232 valence electrons. The van der Waals surface area contributed by atoms with Crippen molar-refractivity contribution >= 4 is 28.8 Å². The highest BCUT2D eigenvalue weighted by atomic mass is 32.2. The summed E-state index contributed by atoms with van der Waals surface area (Å²) in [5.41, 5.74) is 8.51. The number of pyridine rings is 2. The van der Waals surface area contributed by atoms with Crippen molar-refractivity contribution in [1.82, 2.24) is 9.97 Å². The third-order valence-electron chi connectivity index (χ3n) is 9.27. The van der Waals surface area contributed by atoms with Gasteiger partial charge in [-0.25, -0.2) is 4.98 Å². The van der Waals surface area contributed by atoms with Gasteiger partial charge in [0.05, 0.1) is 29.2 Å². The lowest BCUT2D eigenvalue weighted by Crippen LogP contribution is -2.35. The van der Waals surface area contributed by atoms with Gasteiger partial charge in [-0.2, -0.15) is 0 Å². The highest BCUT2D eigenvalue weighted by Gasteiger charge is 2.46. The van der Waals surface area contributed by atoms with Crippen molar-refractivity contribution in [2.75, 3.05) is 23.5 Å². The molecule has 0 amide bonds. The average molecular weight is 633 g/mol. The molecule has 0 N–H and O–H groups in total. The van der Waals surface area contributed by atoms with Crippen LogP contribution < -0.4 is 14.5 Å². The van der Waals surface area contributed by atoms with Crippen LogP contribution in [0.5, 0.6) is 11.6 Å². The van der Waals surface area contributed by atoms with E-state index in [1.165, 1.54) is 37.9 Å². The van der Waals surface area contributed by atoms with Crippen molar-refractivity contribution in [1.29, 1.82) is 0 Å². The van der Waals surface area contributed by atoms with Gasteiger partial charge in [0, 0.05) is 41.0 Å². The third-order valence-corrected chi connectivity index (χ3v) is 10.4. The van der Waals surface area contributed by atoms with E-state index in [9.17, 15) is 0 Å². The monoisotopic (exact) mass is 632 g/mol. The maximum absolute atomic E-state index is 6.58. The van der Waals surface area contributed by atoms with Crippen LogP contribution in [-0.2, 0) is 10.8 Å². The molecule has 0 spiro atoms. The molecule has 0 unspecified atom stereocenters. The molecule has 4 aromatic carbocycles. The fraction of sp³-hybridized carbons (Fsp3) is 0.171. The van der Waals surface area contributed by atoms with Gasteiger partial charge in [-0.15, -0.1) is 0 Å². The predicted molar refractivity (Wildman–Crippen MR) is 192 cm³/mol. The van der Waals surface area contributed by atoms with Gasteiger partial charge in [0.15, 0.2) is 0 Å². The standard InChI is InChI=1S/C41H36N4OS/c1-40(2,3)28-20-22-42-38(25-28)41(32-14-5-9-18-36(32)47-37-19-10-6-15-33(37)41)29-12-11-13-31(24-29)46-39-26-30(21-23-43-39)45-27-44(4)34-16-7-8-17-35(34)45/h5-26H,27H2,1-4H3. The molecule has 0 aliphatic carbocycles. The van der Waals surface area contributed by atoms with Gasteiger partial charge in [0.2, 0.25) is 5.88 Å². The van der Waals surface area contributed by atoms with Gasteiger partial charge in [-0.05, 0) is 82.3 Å². The summed E-state index contributed by atoms with van der Waals surface area (Å²) < 4.78 is 6.58. The molecule has 4 heterocycles. The van der Waals surface area contributed by atoms with Crippen molar-refractivity contribution in [2.24, 2.45) is 0 Å². The quantitative estimate of drug-likeness (QED) is 0.188. The molecule has 6 aromatic rings. The van der Waals surface area contributed by atoms with Crippen molar-refractivity contribution < 1.29 is 4.74 Å². The second-order valence-electron chi connectivity index (χ2n) is 13.3. The van der Waals surface area contributed by atoms with E-state index in [2.05, 4.69) is 146 Å². The van der Waals surface area contributed by atoms with Crippen LogP contribution in [0, 0.1) is 0 Å². The normalized spacial score (nSPS) is 14.7. The zero-order valence-corrected chi connectivity index (χ0v) is 27.8. The summed E-state index contributed by atoms with van der Waals surface area (Å²) in [7, 11) is 2.12. The number of para-hydroxylation sites is 2. The first kappa shape index (κ1) is 29.3. The van der Waals surface area contributed by atoms with Crippen molar-refractivity contribution in [3.05, 3.63) is 162 Å². The minimum absolute atomic E-state index is 0.0341. The van der Waals surface area contributed by atoms with Gasteiger partial charge in [0.25, 0.3) is 0 Å². The highest BCUT2D eigenvalue weighted by molar-refractivity contribution is 7.99. The summed E-state index contributed by atoms with van der Waals surface area (Å²) in [5.74, 6) is 1.28. The van der Waals surface area contributed by atoms with Crippen LogP contribution in [-0.4, -0.2) is 23.7 Å². The maximum atomic E-state index is 6.58. The number of rotatable bonds is 5. The van der Waals surface area contributed by atoms with Crippen LogP contribution in [0.2, 0.25) is 0 Å². The first-order valence-electron chi connectivity index (χ1n) is 16.0. The number of fused-ring (bicyclic) bond motifs is 3. The van der Waals surface area contributed by atoms with E-state index in [4.69, 9.17) is 9.72 Å². The molecular formula is C41H36N4OS. The molecule has 0 atom stereocenters. The molecule has 2 aliphatic rings. The Bertz CT molecular complexity index is 2070. The Kier molecular flexibility index (Phi) is 7.07. The smallest absolute Gasteiger partial charge is 0.221 e. The van der Waals surface area contributed by atoms with Crippen LogP contribution in [0.4, 0.5) is 17.1 Å². The summed E-state index contributed by atoms with van der Waals surface area (Å²) in [6.07, 6.45) is 3.79. The molecule has 47 heavy (non-hydrogen) atoms. The molecule has 0 bridgehead atoms. The summed E-state index contributed by atoms with van der Waals surface area (Å²) in [4.78, 5) is 16.8. The first-order chi connectivity index (χ1) is 22.8. The Hall–Kier alpha value is -5.07. The molecule has 6 heteroatoms. The molecule has 0 saturated heterocycles. The number of benzene rings is 4. The number of anilines is 3. The van der Waals surface area contributed by atoms with Gasteiger partial charge in [0.1, 0.15) is 5.75 Å². The summed E-state index contributed by atoms with van der Waals surface area (Å²) in [6, 6.07) is 42.9. The fourth-order valence-corrected chi connectivity index (χ4v) is 8.16. The van der Waals surface area contributed by atoms with Gasteiger partial charge in [-0.3, -0.25) is 4.98 Å². The Morgan fingerprint density at radius 3 is 2.13 bits per heavy atom.